The lowest BCUT2D eigenvalue weighted by atomic mass is 10.3. The zero-order chi connectivity index (χ0) is 13.7. The van der Waals surface area contributed by atoms with Crippen LogP contribution in [0.4, 0.5) is 0 Å². The van der Waals surface area contributed by atoms with E-state index in [2.05, 4.69) is 4.98 Å². The third-order valence-corrected chi connectivity index (χ3v) is 2.38. The summed E-state index contributed by atoms with van der Waals surface area (Å²) >= 11 is 0. The summed E-state index contributed by atoms with van der Waals surface area (Å²) in [6, 6.07) is 10.7. The largest absolute Gasteiger partial charge is 0.494 e. The number of nitrogens with zero attached hydrogens (tertiary/aromatic N) is 1. The van der Waals surface area contributed by atoms with Crippen LogP contribution in [0, 0.1) is 5.41 Å². The van der Waals surface area contributed by atoms with Crippen LogP contribution in [0.1, 0.15) is 12.6 Å². The Kier molecular flexibility index (Phi) is 3.97. The first-order chi connectivity index (χ1) is 9.19. The van der Waals surface area contributed by atoms with Crippen LogP contribution in [0.15, 0.2) is 42.6 Å². The Bertz CT molecular complexity index is 567. The van der Waals surface area contributed by atoms with Gasteiger partial charge in [0.15, 0.2) is 0 Å². The number of ether oxygens (including phenoxy) is 2. The number of rotatable bonds is 5. The van der Waals surface area contributed by atoms with Crippen molar-refractivity contribution >= 4 is 5.84 Å². The Labute approximate surface area is 111 Å². The lowest BCUT2D eigenvalue weighted by Gasteiger charge is -2.08. The van der Waals surface area contributed by atoms with Crippen LogP contribution in [-0.2, 0) is 0 Å². The summed E-state index contributed by atoms with van der Waals surface area (Å²) in [6.45, 7) is 2.57. The number of benzene rings is 1. The molecule has 1 aromatic carbocycles. The summed E-state index contributed by atoms with van der Waals surface area (Å²) in [6.07, 6.45) is 1.56. The van der Waals surface area contributed by atoms with E-state index in [1.54, 1.807) is 18.3 Å². The number of nitrogen functional groups attached to an aromatic ring is 1. The molecule has 0 atom stereocenters. The van der Waals surface area contributed by atoms with Gasteiger partial charge in [-0.15, -0.1) is 0 Å². The fourth-order valence-electron chi connectivity index (χ4n) is 1.53. The highest BCUT2D eigenvalue weighted by Gasteiger charge is 2.02. The SMILES string of the molecule is CCOc1ccc(Oc2ccnc(C(=N)N)c2)cc1. The Morgan fingerprint density at radius 3 is 2.47 bits per heavy atom. The highest BCUT2D eigenvalue weighted by molar-refractivity contribution is 5.93. The van der Waals surface area contributed by atoms with Crippen molar-refractivity contribution in [1.29, 1.82) is 5.41 Å². The molecule has 0 amide bonds. The highest BCUT2D eigenvalue weighted by atomic mass is 16.5. The Morgan fingerprint density at radius 2 is 1.84 bits per heavy atom. The summed E-state index contributed by atoms with van der Waals surface area (Å²) in [5, 5.41) is 7.33. The first-order valence-corrected chi connectivity index (χ1v) is 5.90. The number of hydrogen-bond donors (Lipinski definition) is 2. The van der Waals surface area contributed by atoms with Crippen LogP contribution < -0.4 is 15.2 Å². The minimum Gasteiger partial charge on any atom is -0.494 e. The molecule has 0 aliphatic heterocycles. The van der Waals surface area contributed by atoms with Gasteiger partial charge in [0, 0.05) is 12.3 Å². The third kappa shape index (κ3) is 3.45. The van der Waals surface area contributed by atoms with Gasteiger partial charge in [0.1, 0.15) is 28.8 Å². The number of nitrogens with one attached hydrogen (secondary N) is 1. The molecule has 0 saturated heterocycles. The summed E-state index contributed by atoms with van der Waals surface area (Å²) < 4.78 is 11.0. The molecule has 5 heteroatoms. The molecular weight excluding hydrogens is 242 g/mol. The number of pyridine rings is 1. The fourth-order valence-corrected chi connectivity index (χ4v) is 1.53. The van der Waals surface area contributed by atoms with Gasteiger partial charge in [0.2, 0.25) is 0 Å². The van der Waals surface area contributed by atoms with Crippen LogP contribution in [0.2, 0.25) is 0 Å². The maximum absolute atomic E-state index is 7.33. The Hall–Kier alpha value is -2.56. The second kappa shape index (κ2) is 5.86. The maximum atomic E-state index is 7.33. The highest BCUT2D eigenvalue weighted by Crippen LogP contribution is 2.23. The summed E-state index contributed by atoms with van der Waals surface area (Å²) in [5.74, 6) is 1.99. The normalized spacial score (nSPS) is 9.95. The van der Waals surface area contributed by atoms with Crippen molar-refractivity contribution in [3.8, 4) is 17.2 Å². The minimum atomic E-state index is -0.0860. The van der Waals surface area contributed by atoms with Crippen molar-refractivity contribution in [2.24, 2.45) is 5.73 Å². The molecule has 1 heterocycles. The molecule has 1 aromatic heterocycles. The van der Waals surface area contributed by atoms with Crippen LogP contribution >= 0.6 is 0 Å². The van der Waals surface area contributed by atoms with E-state index in [1.807, 2.05) is 31.2 Å². The molecule has 3 N–H and O–H groups in total. The summed E-state index contributed by atoms with van der Waals surface area (Å²) in [7, 11) is 0. The molecule has 0 radical (unpaired) electrons. The quantitative estimate of drug-likeness (QED) is 0.637. The molecule has 2 rings (SSSR count). The average Bonchev–Trinajstić information content (AvgIpc) is 2.42. The fraction of sp³-hybridized carbons (Fsp3) is 0.143. The Balaban J connectivity index is 2.12. The number of nitrogens with two attached hydrogens (primary N) is 1. The zero-order valence-electron chi connectivity index (χ0n) is 10.6. The van der Waals surface area contributed by atoms with E-state index < -0.39 is 0 Å². The van der Waals surface area contributed by atoms with E-state index in [0.717, 1.165) is 5.75 Å². The molecule has 98 valence electrons. The first kappa shape index (κ1) is 12.9. The summed E-state index contributed by atoms with van der Waals surface area (Å²) in [4.78, 5) is 3.97. The molecule has 0 saturated carbocycles. The topological polar surface area (TPSA) is 81.2 Å². The first-order valence-electron chi connectivity index (χ1n) is 5.90. The average molecular weight is 257 g/mol. The lowest BCUT2D eigenvalue weighted by molar-refractivity contribution is 0.339. The lowest BCUT2D eigenvalue weighted by Crippen LogP contribution is -2.12. The second-order valence-corrected chi connectivity index (χ2v) is 3.80. The molecule has 0 unspecified atom stereocenters. The van der Waals surface area contributed by atoms with Crippen molar-refractivity contribution in [2.45, 2.75) is 6.92 Å². The maximum Gasteiger partial charge on any atom is 0.141 e. The van der Waals surface area contributed by atoms with Crippen molar-refractivity contribution in [3.63, 3.8) is 0 Å². The van der Waals surface area contributed by atoms with Crippen LogP contribution in [-0.4, -0.2) is 17.4 Å². The molecule has 0 bridgehead atoms. The van der Waals surface area contributed by atoms with Gasteiger partial charge in [-0.1, -0.05) is 0 Å². The number of amidine groups is 1. The predicted octanol–water partition coefficient (Wildman–Crippen LogP) is 2.56. The molecular formula is C14H15N3O2. The molecule has 19 heavy (non-hydrogen) atoms. The van der Waals surface area contributed by atoms with Gasteiger partial charge in [0.05, 0.1) is 6.61 Å². The summed E-state index contributed by atoms with van der Waals surface area (Å²) in [5.41, 5.74) is 5.77. The van der Waals surface area contributed by atoms with Gasteiger partial charge in [-0.3, -0.25) is 10.4 Å². The van der Waals surface area contributed by atoms with Gasteiger partial charge < -0.3 is 15.2 Å². The minimum absolute atomic E-state index is 0.0860. The van der Waals surface area contributed by atoms with E-state index in [4.69, 9.17) is 20.6 Å². The smallest absolute Gasteiger partial charge is 0.141 e. The van der Waals surface area contributed by atoms with Gasteiger partial charge in [-0.2, -0.15) is 0 Å². The van der Waals surface area contributed by atoms with Gasteiger partial charge in [-0.05, 0) is 37.3 Å². The molecule has 0 aliphatic rings. The van der Waals surface area contributed by atoms with E-state index >= 15 is 0 Å². The van der Waals surface area contributed by atoms with Crippen molar-refractivity contribution in [3.05, 3.63) is 48.3 Å². The predicted molar refractivity (Wildman–Crippen MR) is 72.9 cm³/mol. The van der Waals surface area contributed by atoms with Crippen molar-refractivity contribution < 1.29 is 9.47 Å². The van der Waals surface area contributed by atoms with E-state index in [0.29, 0.717) is 23.8 Å². The number of hydrogen-bond acceptors (Lipinski definition) is 4. The van der Waals surface area contributed by atoms with E-state index in [1.165, 1.54) is 0 Å². The van der Waals surface area contributed by atoms with Gasteiger partial charge in [-0.25, -0.2) is 0 Å². The zero-order valence-corrected chi connectivity index (χ0v) is 10.6. The van der Waals surface area contributed by atoms with Crippen LogP contribution in [0.5, 0.6) is 17.2 Å². The standard InChI is InChI=1S/C14H15N3O2/c1-2-18-10-3-5-11(6-4-10)19-12-7-8-17-13(9-12)14(15)16/h3-9H,2H2,1H3,(H3,15,16). The van der Waals surface area contributed by atoms with Crippen molar-refractivity contribution in [1.82, 2.24) is 4.98 Å². The van der Waals surface area contributed by atoms with Crippen molar-refractivity contribution in [2.75, 3.05) is 6.61 Å². The monoisotopic (exact) mass is 257 g/mol. The van der Waals surface area contributed by atoms with E-state index in [-0.39, 0.29) is 5.84 Å². The molecule has 0 spiro atoms. The van der Waals surface area contributed by atoms with Gasteiger partial charge >= 0.3 is 0 Å². The third-order valence-electron chi connectivity index (χ3n) is 2.38. The van der Waals surface area contributed by atoms with Gasteiger partial charge in [0.25, 0.3) is 0 Å². The molecule has 0 fully saturated rings. The Morgan fingerprint density at radius 1 is 1.16 bits per heavy atom. The molecule has 0 aliphatic carbocycles. The molecule has 5 nitrogen and oxygen atoms in total. The van der Waals surface area contributed by atoms with E-state index in [9.17, 15) is 0 Å². The van der Waals surface area contributed by atoms with Crippen LogP contribution in [0.25, 0.3) is 0 Å². The number of aromatic nitrogens is 1. The van der Waals surface area contributed by atoms with Crippen LogP contribution in [0.3, 0.4) is 0 Å². The second-order valence-electron chi connectivity index (χ2n) is 3.80. The molecule has 2 aromatic rings.